The van der Waals surface area contributed by atoms with E-state index in [0.717, 1.165) is 0 Å². The van der Waals surface area contributed by atoms with Crippen LogP contribution < -0.4 is 5.84 Å². The van der Waals surface area contributed by atoms with E-state index in [0.29, 0.717) is 18.7 Å². The van der Waals surface area contributed by atoms with E-state index in [1.165, 1.54) is 4.68 Å². The second-order valence-electron chi connectivity index (χ2n) is 4.36. The molecule has 0 amide bonds. The summed E-state index contributed by atoms with van der Waals surface area (Å²) in [5, 5.41) is 6.41. The second-order valence-corrected chi connectivity index (χ2v) is 4.75. The number of aromatic nitrogens is 3. The van der Waals surface area contributed by atoms with Crippen LogP contribution in [0.3, 0.4) is 0 Å². The number of rotatable bonds is 1. The Morgan fingerprint density at radius 1 is 1.41 bits per heavy atom. The normalized spacial score (nSPS) is 26.1. The topological polar surface area (TPSA) is 59.6 Å². The van der Waals surface area contributed by atoms with Crippen LogP contribution in [0.4, 0.5) is 13.2 Å². The Morgan fingerprint density at radius 2 is 2.12 bits per heavy atom. The fraction of sp³-hybridized carbons (Fsp3) is 0.778. The lowest BCUT2D eigenvalue weighted by atomic mass is 9.80. The monoisotopic (exact) mass is 266 g/mol. The van der Waals surface area contributed by atoms with Crippen LogP contribution in [0.2, 0.25) is 0 Å². The number of nitrogens with one attached hydrogen (secondary N) is 1. The molecule has 1 aliphatic carbocycles. The number of H-pyrrole nitrogens is 1. The minimum absolute atomic E-state index is 0.0420. The molecule has 96 valence electrons. The highest BCUT2D eigenvalue weighted by atomic mass is 32.1. The fourth-order valence-electron chi connectivity index (χ4n) is 2.33. The summed E-state index contributed by atoms with van der Waals surface area (Å²) in [5.74, 6) is 4.52. The molecular formula is C9H13F3N4S. The van der Waals surface area contributed by atoms with Crippen molar-refractivity contribution in [1.29, 1.82) is 0 Å². The molecule has 4 nitrogen and oxygen atoms in total. The van der Waals surface area contributed by atoms with Gasteiger partial charge in [-0.25, -0.2) is 4.68 Å². The van der Waals surface area contributed by atoms with E-state index in [4.69, 9.17) is 18.1 Å². The molecule has 0 radical (unpaired) electrons. The lowest BCUT2D eigenvalue weighted by Crippen LogP contribution is -2.29. The van der Waals surface area contributed by atoms with Crippen molar-refractivity contribution < 1.29 is 13.2 Å². The van der Waals surface area contributed by atoms with Gasteiger partial charge in [-0.1, -0.05) is 6.42 Å². The molecule has 0 saturated heterocycles. The molecule has 2 unspecified atom stereocenters. The first-order valence-electron chi connectivity index (χ1n) is 5.38. The molecular weight excluding hydrogens is 253 g/mol. The minimum Gasteiger partial charge on any atom is -0.335 e. The van der Waals surface area contributed by atoms with Crippen molar-refractivity contribution in [2.24, 2.45) is 5.92 Å². The zero-order valence-electron chi connectivity index (χ0n) is 9.00. The van der Waals surface area contributed by atoms with Gasteiger partial charge in [0, 0.05) is 5.92 Å². The number of hydrogen-bond donors (Lipinski definition) is 2. The molecule has 1 fully saturated rings. The van der Waals surface area contributed by atoms with E-state index in [2.05, 4.69) is 10.2 Å². The zero-order valence-corrected chi connectivity index (χ0v) is 9.81. The first-order chi connectivity index (χ1) is 7.89. The summed E-state index contributed by atoms with van der Waals surface area (Å²) in [4.78, 5) is 0. The third-order valence-electron chi connectivity index (χ3n) is 3.23. The molecule has 1 heterocycles. The average molecular weight is 266 g/mol. The molecule has 1 saturated carbocycles. The van der Waals surface area contributed by atoms with Crippen LogP contribution >= 0.6 is 12.2 Å². The van der Waals surface area contributed by atoms with Gasteiger partial charge in [0.15, 0.2) is 5.82 Å². The Labute approximate surface area is 101 Å². The molecule has 2 atom stereocenters. The lowest BCUT2D eigenvalue weighted by Gasteiger charge is -2.29. The predicted octanol–water partition coefficient (Wildman–Crippen LogP) is 2.49. The molecule has 0 spiro atoms. The number of nitrogens with zero attached hydrogens (tertiary/aromatic N) is 2. The SMILES string of the molecule is Nn1c(C2CCCC(C(F)(F)F)C2)n[nH]c1=S. The summed E-state index contributed by atoms with van der Waals surface area (Å²) >= 11 is 4.84. The predicted molar refractivity (Wildman–Crippen MR) is 58.3 cm³/mol. The lowest BCUT2D eigenvalue weighted by molar-refractivity contribution is -0.183. The first-order valence-corrected chi connectivity index (χ1v) is 5.79. The van der Waals surface area contributed by atoms with Gasteiger partial charge in [0.2, 0.25) is 4.77 Å². The number of nitrogen functional groups attached to an aromatic ring is 1. The van der Waals surface area contributed by atoms with Gasteiger partial charge in [0.25, 0.3) is 0 Å². The number of nitrogens with two attached hydrogens (primary N) is 1. The van der Waals surface area contributed by atoms with Crippen molar-refractivity contribution in [2.45, 2.75) is 37.8 Å². The summed E-state index contributed by atoms with van der Waals surface area (Å²) in [6.07, 6.45) is -2.70. The van der Waals surface area contributed by atoms with Crippen molar-refractivity contribution in [2.75, 3.05) is 5.84 Å². The van der Waals surface area contributed by atoms with Crippen LogP contribution in [0, 0.1) is 10.7 Å². The van der Waals surface area contributed by atoms with Crippen molar-refractivity contribution in [1.82, 2.24) is 14.9 Å². The van der Waals surface area contributed by atoms with E-state index in [1.807, 2.05) is 0 Å². The third kappa shape index (κ3) is 2.46. The highest BCUT2D eigenvalue weighted by Gasteiger charge is 2.43. The molecule has 1 aliphatic rings. The van der Waals surface area contributed by atoms with Crippen LogP contribution in [-0.2, 0) is 0 Å². The Balaban J connectivity index is 2.18. The van der Waals surface area contributed by atoms with Crippen molar-refractivity contribution in [3.63, 3.8) is 0 Å². The highest BCUT2D eigenvalue weighted by molar-refractivity contribution is 7.71. The molecule has 0 bridgehead atoms. The van der Waals surface area contributed by atoms with Gasteiger partial charge in [-0.05, 0) is 31.5 Å². The van der Waals surface area contributed by atoms with Crippen molar-refractivity contribution in [3.8, 4) is 0 Å². The van der Waals surface area contributed by atoms with E-state index in [1.54, 1.807) is 0 Å². The maximum absolute atomic E-state index is 12.6. The van der Waals surface area contributed by atoms with Gasteiger partial charge in [-0.2, -0.15) is 18.3 Å². The largest absolute Gasteiger partial charge is 0.391 e. The summed E-state index contributed by atoms with van der Waals surface area (Å²) < 4.78 is 39.3. The number of halogens is 3. The van der Waals surface area contributed by atoms with Crippen LogP contribution in [0.25, 0.3) is 0 Å². The smallest absolute Gasteiger partial charge is 0.335 e. The third-order valence-corrected chi connectivity index (χ3v) is 3.52. The summed E-state index contributed by atoms with van der Waals surface area (Å²) in [6, 6.07) is 0. The van der Waals surface area contributed by atoms with Crippen molar-refractivity contribution >= 4 is 12.2 Å². The molecule has 2 rings (SSSR count). The molecule has 1 aromatic rings. The average Bonchev–Trinajstić information content (AvgIpc) is 2.59. The van der Waals surface area contributed by atoms with E-state index in [-0.39, 0.29) is 23.5 Å². The molecule has 0 aromatic carbocycles. The van der Waals surface area contributed by atoms with Crippen LogP contribution in [-0.4, -0.2) is 21.0 Å². The molecule has 3 N–H and O–H groups in total. The highest BCUT2D eigenvalue weighted by Crippen LogP contribution is 2.42. The molecule has 1 aromatic heterocycles. The maximum atomic E-state index is 12.6. The summed E-state index contributed by atoms with van der Waals surface area (Å²) in [5.41, 5.74) is 0. The number of hydrogen-bond acceptors (Lipinski definition) is 3. The van der Waals surface area contributed by atoms with Gasteiger partial charge < -0.3 is 5.84 Å². The molecule has 8 heteroatoms. The van der Waals surface area contributed by atoms with Crippen LogP contribution in [0.15, 0.2) is 0 Å². The fourth-order valence-corrected chi connectivity index (χ4v) is 2.47. The van der Waals surface area contributed by atoms with Crippen LogP contribution in [0.5, 0.6) is 0 Å². The summed E-state index contributed by atoms with van der Waals surface area (Å²) in [7, 11) is 0. The van der Waals surface area contributed by atoms with Gasteiger partial charge in [-0.15, -0.1) is 0 Å². The standard InChI is InChI=1S/C9H13F3N4S/c10-9(11,12)6-3-1-2-5(4-6)7-14-15-8(17)16(7)13/h5-6H,1-4,13H2,(H,15,17). The van der Waals surface area contributed by atoms with Gasteiger partial charge in [-0.3, -0.25) is 5.10 Å². The van der Waals surface area contributed by atoms with E-state index < -0.39 is 12.1 Å². The molecule has 17 heavy (non-hydrogen) atoms. The van der Waals surface area contributed by atoms with Gasteiger partial charge in [0.05, 0.1) is 5.92 Å². The minimum atomic E-state index is -4.13. The van der Waals surface area contributed by atoms with Gasteiger partial charge >= 0.3 is 6.18 Å². The number of alkyl halides is 3. The van der Waals surface area contributed by atoms with Crippen molar-refractivity contribution in [3.05, 3.63) is 10.6 Å². The van der Waals surface area contributed by atoms with Gasteiger partial charge in [0.1, 0.15) is 0 Å². The zero-order chi connectivity index (χ0) is 12.6. The Kier molecular flexibility index (Phi) is 3.15. The maximum Gasteiger partial charge on any atom is 0.391 e. The first kappa shape index (κ1) is 12.4. The summed E-state index contributed by atoms with van der Waals surface area (Å²) in [6.45, 7) is 0. The Hall–Kier alpha value is -1.05. The second kappa shape index (κ2) is 4.32. The number of aromatic amines is 1. The Bertz CT molecular complexity index is 450. The van der Waals surface area contributed by atoms with Crippen LogP contribution in [0.1, 0.15) is 37.4 Å². The van der Waals surface area contributed by atoms with E-state index in [9.17, 15) is 13.2 Å². The quantitative estimate of drug-likeness (QED) is 0.606. The molecule has 0 aliphatic heterocycles. The van der Waals surface area contributed by atoms with E-state index >= 15 is 0 Å². The Morgan fingerprint density at radius 3 is 2.65 bits per heavy atom.